The van der Waals surface area contributed by atoms with Crippen LogP contribution in [-0.4, -0.2) is 97.2 Å². The van der Waals surface area contributed by atoms with Crippen molar-refractivity contribution >= 4 is 51.3 Å². The van der Waals surface area contributed by atoms with E-state index in [0.29, 0.717) is 27.6 Å². The summed E-state index contributed by atoms with van der Waals surface area (Å²) in [4.78, 5) is 39.0. The van der Waals surface area contributed by atoms with Crippen molar-refractivity contribution in [2.24, 2.45) is 5.73 Å². The van der Waals surface area contributed by atoms with Gasteiger partial charge in [-0.1, -0.05) is 36.0 Å². The van der Waals surface area contributed by atoms with E-state index in [2.05, 4.69) is 25.6 Å². The molecule has 1 aromatic heterocycles. The third-order valence-corrected chi connectivity index (χ3v) is 9.03. The highest BCUT2D eigenvalue weighted by atomic mass is 32.2. The van der Waals surface area contributed by atoms with E-state index in [-0.39, 0.29) is 31.1 Å². The number of thioether (sulfide) groups is 2. The third kappa shape index (κ3) is 6.59. The van der Waals surface area contributed by atoms with Crippen LogP contribution in [0.5, 0.6) is 0 Å². The molecule has 39 heavy (non-hydrogen) atoms. The molecule has 0 spiro atoms. The summed E-state index contributed by atoms with van der Waals surface area (Å²) in [6.45, 7) is 0.0989. The Bertz CT molecular complexity index is 1400. The topological polar surface area (TPSA) is 223 Å². The van der Waals surface area contributed by atoms with Crippen LogP contribution < -0.4 is 15.8 Å². The molecule has 210 valence electrons. The van der Waals surface area contributed by atoms with Crippen LogP contribution in [0.4, 0.5) is 0 Å². The Morgan fingerprint density at radius 3 is 2.67 bits per heavy atom. The van der Waals surface area contributed by atoms with Gasteiger partial charge in [0.2, 0.25) is 21.1 Å². The predicted octanol–water partition coefficient (Wildman–Crippen LogP) is -1.75. The highest BCUT2D eigenvalue weighted by Crippen LogP contribution is 2.41. The fraction of sp³-hybridized carbons (Fsp3) is 0.429. The summed E-state index contributed by atoms with van der Waals surface area (Å²) in [6, 6.07) is 4.55. The van der Waals surface area contributed by atoms with E-state index in [4.69, 9.17) is 5.73 Å². The second kappa shape index (κ2) is 12.0. The highest BCUT2D eigenvalue weighted by Gasteiger charge is 2.54. The van der Waals surface area contributed by atoms with Crippen molar-refractivity contribution in [1.82, 2.24) is 35.1 Å². The number of rotatable bonds is 12. The van der Waals surface area contributed by atoms with Gasteiger partial charge in [-0.25, -0.2) is 22.6 Å². The molecule has 15 nitrogen and oxygen atoms in total. The maximum absolute atomic E-state index is 13.0. The molecule has 0 saturated carbocycles. The molecule has 0 aliphatic carbocycles. The zero-order chi connectivity index (χ0) is 28.3. The minimum absolute atomic E-state index is 0.0745. The number of amides is 2. The van der Waals surface area contributed by atoms with Gasteiger partial charge >= 0.3 is 5.97 Å². The van der Waals surface area contributed by atoms with Crippen molar-refractivity contribution in [1.29, 1.82) is 0 Å². The molecule has 3 atom stereocenters. The maximum atomic E-state index is 13.0. The molecule has 1 aromatic carbocycles. The molecule has 1 saturated heterocycles. The lowest BCUT2D eigenvalue weighted by Gasteiger charge is -2.49. The smallest absolute Gasteiger partial charge is 0.352 e. The Labute approximate surface area is 231 Å². The van der Waals surface area contributed by atoms with Crippen molar-refractivity contribution in [2.75, 3.05) is 24.3 Å². The number of aliphatic carboxylic acids is 1. The number of tetrazole rings is 1. The first-order chi connectivity index (χ1) is 18.5. The number of carboxylic acids is 1. The molecule has 2 aromatic rings. The number of carboxylic acid groups (broad SMARTS) is 1. The summed E-state index contributed by atoms with van der Waals surface area (Å²) in [5.74, 6) is -1.94. The van der Waals surface area contributed by atoms with E-state index >= 15 is 0 Å². The molecule has 0 radical (unpaired) electrons. The van der Waals surface area contributed by atoms with Gasteiger partial charge in [0.05, 0.1) is 19.4 Å². The number of carbonyl (C=O) groups is 3. The van der Waals surface area contributed by atoms with Crippen molar-refractivity contribution in [3.8, 4) is 0 Å². The number of hydrogen-bond donors (Lipinski definition) is 5. The van der Waals surface area contributed by atoms with Gasteiger partial charge in [-0.15, -0.1) is 16.9 Å². The summed E-state index contributed by atoms with van der Waals surface area (Å²) in [5, 5.41) is 32.8. The normalized spacial score (nSPS) is 19.9. The highest BCUT2D eigenvalue weighted by molar-refractivity contribution is 8.01. The fourth-order valence-corrected chi connectivity index (χ4v) is 6.80. The van der Waals surface area contributed by atoms with Gasteiger partial charge in [-0.2, -0.15) is 0 Å². The van der Waals surface area contributed by atoms with Crippen LogP contribution in [0.2, 0.25) is 0 Å². The Balaban J connectivity index is 1.40. The van der Waals surface area contributed by atoms with E-state index < -0.39 is 45.3 Å². The fourth-order valence-electron chi connectivity index (χ4n) is 3.95. The van der Waals surface area contributed by atoms with Crippen molar-refractivity contribution in [3.05, 3.63) is 46.7 Å². The number of hydrogen-bond acceptors (Lipinski definition) is 12. The summed E-state index contributed by atoms with van der Waals surface area (Å²) in [6.07, 6.45) is 1.04. The predicted molar refractivity (Wildman–Crippen MR) is 140 cm³/mol. The summed E-state index contributed by atoms with van der Waals surface area (Å²) in [5.41, 5.74) is 7.55. The number of carbonyl (C=O) groups excluding carboxylic acids is 2. The molecular weight excluding hydrogens is 572 g/mol. The number of aromatic nitrogens is 4. The van der Waals surface area contributed by atoms with Crippen molar-refractivity contribution < 1.29 is 33.0 Å². The minimum atomic E-state index is -3.37. The van der Waals surface area contributed by atoms with Crippen LogP contribution in [0.25, 0.3) is 0 Å². The SMILES string of the molecule is CS(=O)(=O)NCCn1nnnc1SCC1=C(C(=O)O)N2C(=O)[C@@H](NC(=O)C(N)c3ccc(CO)cc3)[C@H]2SC1. The molecule has 2 aliphatic rings. The van der Waals surface area contributed by atoms with Gasteiger partial charge in [0, 0.05) is 18.1 Å². The molecule has 2 aliphatic heterocycles. The number of aliphatic hydroxyl groups is 1. The molecule has 4 rings (SSSR count). The first-order valence-corrected chi connectivity index (χ1v) is 15.4. The summed E-state index contributed by atoms with van der Waals surface area (Å²) in [7, 11) is -3.37. The van der Waals surface area contributed by atoms with E-state index in [0.717, 1.165) is 22.9 Å². The van der Waals surface area contributed by atoms with Crippen molar-refractivity contribution in [3.63, 3.8) is 0 Å². The lowest BCUT2D eigenvalue weighted by atomic mass is 10.0. The zero-order valence-corrected chi connectivity index (χ0v) is 23.0. The Kier molecular flexibility index (Phi) is 8.92. The molecule has 18 heteroatoms. The third-order valence-electron chi connectivity index (χ3n) is 5.91. The van der Waals surface area contributed by atoms with E-state index in [9.17, 15) is 33.0 Å². The summed E-state index contributed by atoms with van der Waals surface area (Å²) >= 11 is 2.48. The minimum Gasteiger partial charge on any atom is -0.477 e. The number of nitrogens with one attached hydrogen (secondary N) is 2. The van der Waals surface area contributed by atoms with Crippen molar-refractivity contribution in [2.45, 2.75) is 35.8 Å². The van der Waals surface area contributed by atoms with Crippen LogP contribution in [0.1, 0.15) is 17.2 Å². The van der Waals surface area contributed by atoms with E-state index in [1.165, 1.54) is 16.4 Å². The first-order valence-electron chi connectivity index (χ1n) is 11.5. The molecule has 1 unspecified atom stereocenters. The Hall–Kier alpha value is -3.03. The second-order valence-electron chi connectivity index (χ2n) is 8.67. The van der Waals surface area contributed by atoms with Crippen LogP contribution >= 0.6 is 23.5 Å². The van der Waals surface area contributed by atoms with E-state index in [1.54, 1.807) is 24.3 Å². The van der Waals surface area contributed by atoms with Gasteiger partial charge in [-0.05, 0) is 27.1 Å². The molecule has 1 fully saturated rings. The molecule has 2 amide bonds. The van der Waals surface area contributed by atoms with Crippen LogP contribution in [0.15, 0.2) is 40.7 Å². The maximum Gasteiger partial charge on any atom is 0.352 e. The lowest BCUT2D eigenvalue weighted by molar-refractivity contribution is -0.150. The number of sulfonamides is 1. The number of benzene rings is 1. The van der Waals surface area contributed by atoms with Gasteiger partial charge in [-0.3, -0.25) is 14.5 Å². The van der Waals surface area contributed by atoms with Crippen LogP contribution in [0, 0.1) is 0 Å². The van der Waals surface area contributed by atoms with Gasteiger partial charge < -0.3 is 21.3 Å². The zero-order valence-electron chi connectivity index (χ0n) is 20.6. The van der Waals surface area contributed by atoms with Crippen LogP contribution in [-0.2, 0) is 37.6 Å². The largest absolute Gasteiger partial charge is 0.477 e. The quantitative estimate of drug-likeness (QED) is 0.135. The van der Waals surface area contributed by atoms with Crippen LogP contribution in [0.3, 0.4) is 0 Å². The molecule has 3 heterocycles. The lowest BCUT2D eigenvalue weighted by Crippen LogP contribution is -2.71. The number of β-lactam (4-membered cyclic amide) rings is 1. The Morgan fingerprint density at radius 1 is 1.31 bits per heavy atom. The van der Waals surface area contributed by atoms with Gasteiger partial charge in [0.25, 0.3) is 5.91 Å². The average molecular weight is 599 g/mol. The Morgan fingerprint density at radius 2 is 2.03 bits per heavy atom. The number of nitrogens with two attached hydrogens (primary N) is 1. The first kappa shape index (κ1) is 29.0. The molecule has 6 N–H and O–H groups in total. The van der Waals surface area contributed by atoms with Gasteiger partial charge in [0.1, 0.15) is 23.2 Å². The number of nitrogens with zero attached hydrogens (tertiary/aromatic N) is 5. The molecular formula is C21H26N8O7S3. The van der Waals surface area contributed by atoms with Gasteiger partial charge in [0.15, 0.2) is 0 Å². The molecule has 0 bridgehead atoms. The second-order valence-corrected chi connectivity index (χ2v) is 12.6. The standard InChI is InChI=1S/C21H26N8O7S3/c1-39(35,36)23-6-7-28-21(25-26-27-28)38-10-13-9-37-19-15(18(32)29(19)16(13)20(33)34)24-17(31)14(22)12-4-2-11(8-30)3-5-12/h2-5,14-15,19,23,30H,6-10,22H2,1H3,(H,24,31)(H,33,34)/t14?,15-,19-/m1/s1. The number of aliphatic hydroxyl groups excluding tert-OH is 1. The van der Waals surface area contributed by atoms with E-state index in [1.807, 2.05) is 0 Å². The number of fused-ring (bicyclic) bond motifs is 1. The monoisotopic (exact) mass is 598 g/mol. The summed E-state index contributed by atoms with van der Waals surface area (Å²) < 4.78 is 26.2. The average Bonchev–Trinajstić information content (AvgIpc) is 3.35.